The highest BCUT2D eigenvalue weighted by molar-refractivity contribution is 8.26. The van der Waals surface area contributed by atoms with Crippen LogP contribution < -0.4 is 5.32 Å². The smallest absolute Gasteiger partial charge is 0.290 e. The number of thioether (sulfide) groups is 1. The van der Waals surface area contributed by atoms with Gasteiger partial charge >= 0.3 is 0 Å². The molecule has 0 saturated heterocycles. The van der Waals surface area contributed by atoms with Crippen molar-refractivity contribution in [2.75, 3.05) is 0 Å². The number of carbonyl (C=O) groups excluding carboxylic acids is 1. The second-order valence-corrected chi connectivity index (χ2v) is 7.86. The lowest BCUT2D eigenvalue weighted by atomic mass is 9.78. The summed E-state index contributed by atoms with van der Waals surface area (Å²) in [7, 11) is 0. The molecular formula is C19H22N4O3S. The van der Waals surface area contributed by atoms with Crippen molar-refractivity contribution in [2.45, 2.75) is 38.3 Å². The van der Waals surface area contributed by atoms with Crippen LogP contribution in [0.25, 0.3) is 11.3 Å². The SMILES string of the molecule is CC(O)C(=N)SC(=N)C[C@H]1C[C@@H](NC(=O)c2cc(-c3ccccc3)no2)C1. The molecule has 1 saturated carbocycles. The van der Waals surface area contributed by atoms with Gasteiger partial charge in [-0.3, -0.25) is 15.6 Å². The van der Waals surface area contributed by atoms with E-state index in [2.05, 4.69) is 10.5 Å². The average Bonchev–Trinajstić information content (AvgIpc) is 3.10. The van der Waals surface area contributed by atoms with Gasteiger partial charge in [0.15, 0.2) is 0 Å². The third-order valence-electron chi connectivity index (χ3n) is 4.46. The fourth-order valence-corrected chi connectivity index (χ4v) is 3.68. The Bertz CT molecular complexity index is 828. The second-order valence-electron chi connectivity index (χ2n) is 6.72. The maximum atomic E-state index is 12.3. The van der Waals surface area contributed by atoms with Crippen molar-refractivity contribution in [3.63, 3.8) is 0 Å². The summed E-state index contributed by atoms with van der Waals surface area (Å²) in [5, 5.41) is 32.1. The summed E-state index contributed by atoms with van der Waals surface area (Å²) in [6.45, 7) is 1.52. The van der Waals surface area contributed by atoms with E-state index in [9.17, 15) is 9.90 Å². The van der Waals surface area contributed by atoms with Crippen molar-refractivity contribution in [2.24, 2.45) is 5.92 Å². The Balaban J connectivity index is 1.44. The molecule has 0 spiro atoms. The van der Waals surface area contributed by atoms with E-state index in [1.807, 2.05) is 30.3 Å². The molecule has 8 heteroatoms. The normalized spacial score (nSPS) is 19.8. The number of aliphatic hydroxyl groups is 1. The number of nitrogens with zero attached hydrogens (tertiary/aromatic N) is 1. The number of benzene rings is 1. The number of aliphatic hydroxyl groups excluding tert-OH is 1. The number of hydrogen-bond acceptors (Lipinski definition) is 7. The van der Waals surface area contributed by atoms with E-state index >= 15 is 0 Å². The number of carbonyl (C=O) groups is 1. The molecular weight excluding hydrogens is 364 g/mol. The van der Waals surface area contributed by atoms with Crippen LogP contribution in [0.2, 0.25) is 0 Å². The van der Waals surface area contributed by atoms with Gasteiger partial charge in [-0.25, -0.2) is 0 Å². The lowest BCUT2D eigenvalue weighted by molar-refractivity contribution is 0.0855. The highest BCUT2D eigenvalue weighted by Gasteiger charge is 2.32. The molecule has 1 fully saturated rings. The van der Waals surface area contributed by atoms with Crippen molar-refractivity contribution < 1.29 is 14.4 Å². The number of hydrogen-bond donors (Lipinski definition) is 4. The van der Waals surface area contributed by atoms with Crippen LogP contribution in [0.4, 0.5) is 0 Å². The molecule has 0 aliphatic heterocycles. The van der Waals surface area contributed by atoms with E-state index in [-0.39, 0.29) is 22.8 Å². The summed E-state index contributed by atoms with van der Waals surface area (Å²) in [6.07, 6.45) is 1.30. The molecule has 1 unspecified atom stereocenters. The molecule has 1 aliphatic carbocycles. The summed E-state index contributed by atoms with van der Waals surface area (Å²) in [6, 6.07) is 11.2. The summed E-state index contributed by atoms with van der Waals surface area (Å²) in [5.74, 6) is 0.214. The fraction of sp³-hybridized carbons (Fsp3) is 0.368. The number of amides is 1. The first-order chi connectivity index (χ1) is 12.9. The number of rotatable bonds is 6. The van der Waals surface area contributed by atoms with Gasteiger partial charge in [-0.2, -0.15) is 0 Å². The first-order valence-electron chi connectivity index (χ1n) is 8.77. The van der Waals surface area contributed by atoms with E-state index in [4.69, 9.17) is 15.3 Å². The van der Waals surface area contributed by atoms with Crippen LogP contribution >= 0.6 is 11.8 Å². The van der Waals surface area contributed by atoms with Crippen molar-refractivity contribution >= 4 is 27.8 Å². The van der Waals surface area contributed by atoms with Gasteiger partial charge in [-0.05, 0) is 32.1 Å². The molecule has 1 atom stereocenters. The zero-order valence-corrected chi connectivity index (χ0v) is 15.8. The molecule has 1 aliphatic rings. The Morgan fingerprint density at radius 2 is 2.07 bits per heavy atom. The number of nitrogens with one attached hydrogen (secondary N) is 3. The van der Waals surface area contributed by atoms with E-state index in [1.165, 1.54) is 6.92 Å². The predicted molar refractivity (Wildman–Crippen MR) is 105 cm³/mol. The minimum absolute atomic E-state index is 0.0572. The molecule has 1 amide bonds. The largest absolute Gasteiger partial charge is 0.387 e. The van der Waals surface area contributed by atoms with Gasteiger partial charge in [0.1, 0.15) is 5.69 Å². The zero-order valence-electron chi connectivity index (χ0n) is 14.9. The van der Waals surface area contributed by atoms with Crippen molar-refractivity contribution in [3.05, 3.63) is 42.2 Å². The molecule has 1 heterocycles. The Morgan fingerprint density at radius 1 is 1.37 bits per heavy atom. The Morgan fingerprint density at radius 3 is 2.74 bits per heavy atom. The van der Waals surface area contributed by atoms with Gasteiger partial charge in [0.05, 0.1) is 16.2 Å². The highest BCUT2D eigenvalue weighted by atomic mass is 32.2. The third-order valence-corrected chi connectivity index (χ3v) is 5.44. The topological polar surface area (TPSA) is 123 Å². The van der Waals surface area contributed by atoms with Gasteiger partial charge in [0.25, 0.3) is 5.91 Å². The van der Waals surface area contributed by atoms with Gasteiger partial charge in [0, 0.05) is 17.7 Å². The van der Waals surface area contributed by atoms with Crippen LogP contribution in [0, 0.1) is 16.7 Å². The van der Waals surface area contributed by atoms with Crippen LogP contribution in [-0.4, -0.2) is 38.4 Å². The third kappa shape index (κ3) is 5.05. The maximum Gasteiger partial charge on any atom is 0.290 e. The quantitative estimate of drug-likeness (QED) is 0.448. The fourth-order valence-electron chi connectivity index (χ4n) is 2.93. The molecule has 2 aromatic rings. The van der Waals surface area contributed by atoms with E-state index in [0.717, 1.165) is 30.2 Å². The summed E-state index contributed by atoms with van der Waals surface area (Å²) in [4.78, 5) is 12.3. The summed E-state index contributed by atoms with van der Waals surface area (Å²) in [5.41, 5.74) is 1.51. The molecule has 4 N–H and O–H groups in total. The Labute approximate surface area is 161 Å². The Hall–Kier alpha value is -2.45. The Kier molecular flexibility index (Phi) is 6.08. The van der Waals surface area contributed by atoms with Crippen LogP contribution in [0.3, 0.4) is 0 Å². The van der Waals surface area contributed by atoms with E-state index in [0.29, 0.717) is 23.1 Å². The molecule has 27 heavy (non-hydrogen) atoms. The van der Waals surface area contributed by atoms with Crippen LogP contribution in [0.1, 0.15) is 36.7 Å². The first-order valence-corrected chi connectivity index (χ1v) is 9.58. The standard InChI is InChI=1S/C19H22N4O3S/c1-11(24)18(21)27-17(20)9-12-7-14(8-12)22-19(25)16-10-15(23-26-16)13-5-3-2-4-6-13/h2-6,10-12,14,20-21,24H,7-9H2,1H3,(H,22,25)/t11?,12-,14+. The van der Waals surface area contributed by atoms with E-state index in [1.54, 1.807) is 6.07 Å². The molecule has 7 nitrogen and oxygen atoms in total. The van der Waals surface area contributed by atoms with Gasteiger partial charge in [0.2, 0.25) is 5.76 Å². The molecule has 3 rings (SSSR count). The van der Waals surface area contributed by atoms with Crippen LogP contribution in [0.15, 0.2) is 40.9 Å². The van der Waals surface area contributed by atoms with Crippen molar-refractivity contribution in [1.82, 2.24) is 10.5 Å². The lowest BCUT2D eigenvalue weighted by Gasteiger charge is -2.35. The maximum absolute atomic E-state index is 12.3. The van der Waals surface area contributed by atoms with Crippen molar-refractivity contribution in [1.29, 1.82) is 10.8 Å². The second kappa shape index (κ2) is 8.49. The van der Waals surface area contributed by atoms with Gasteiger partial charge in [-0.1, -0.05) is 47.3 Å². The molecule has 142 valence electrons. The van der Waals surface area contributed by atoms with Crippen LogP contribution in [-0.2, 0) is 0 Å². The van der Waals surface area contributed by atoms with Crippen LogP contribution in [0.5, 0.6) is 0 Å². The minimum atomic E-state index is -0.841. The lowest BCUT2D eigenvalue weighted by Crippen LogP contribution is -2.44. The summed E-state index contributed by atoms with van der Waals surface area (Å²) >= 11 is 1.00. The minimum Gasteiger partial charge on any atom is -0.387 e. The molecule has 1 aromatic heterocycles. The monoisotopic (exact) mass is 386 g/mol. The zero-order chi connectivity index (χ0) is 19.4. The molecule has 0 bridgehead atoms. The van der Waals surface area contributed by atoms with E-state index < -0.39 is 6.10 Å². The van der Waals surface area contributed by atoms with Crippen molar-refractivity contribution in [3.8, 4) is 11.3 Å². The molecule has 1 aromatic carbocycles. The summed E-state index contributed by atoms with van der Waals surface area (Å²) < 4.78 is 5.16. The average molecular weight is 386 g/mol. The van der Waals surface area contributed by atoms with Gasteiger partial charge in [-0.15, -0.1) is 0 Å². The number of aromatic nitrogens is 1. The van der Waals surface area contributed by atoms with Gasteiger partial charge < -0.3 is 14.9 Å². The first kappa shape index (κ1) is 19.3. The predicted octanol–water partition coefficient (Wildman–Crippen LogP) is 3.31. The molecule has 0 radical (unpaired) electrons. The highest BCUT2D eigenvalue weighted by Crippen LogP contribution is 2.32.